The fraction of sp³-hybridized carbons (Fsp3) is 0.280. The van der Waals surface area contributed by atoms with E-state index in [-0.39, 0.29) is 12.5 Å². The number of fused-ring (bicyclic) bond motifs is 2. The number of aryl methyl sites for hydroxylation is 1. The highest BCUT2D eigenvalue weighted by atomic mass is 32.1. The van der Waals surface area contributed by atoms with Crippen molar-refractivity contribution in [3.05, 3.63) is 70.6 Å². The average molecular weight is 461 g/mol. The summed E-state index contributed by atoms with van der Waals surface area (Å²) < 4.78 is 0. The van der Waals surface area contributed by atoms with Crippen LogP contribution in [0.15, 0.2) is 53.9 Å². The number of nitrogens with one attached hydrogen (secondary N) is 2. The lowest BCUT2D eigenvalue weighted by molar-refractivity contribution is -0.134. The van der Waals surface area contributed by atoms with Gasteiger partial charge in [0.05, 0.1) is 5.69 Å². The van der Waals surface area contributed by atoms with Crippen LogP contribution >= 0.6 is 11.3 Å². The Morgan fingerprint density at radius 1 is 1.18 bits per heavy atom. The summed E-state index contributed by atoms with van der Waals surface area (Å²) >= 11 is 1.31. The molecular formula is C25H24N4O3S. The molecule has 4 amide bonds. The number of aromatic nitrogens is 1. The van der Waals surface area contributed by atoms with Gasteiger partial charge in [0.1, 0.15) is 12.1 Å². The van der Waals surface area contributed by atoms with E-state index < -0.39 is 17.5 Å². The summed E-state index contributed by atoms with van der Waals surface area (Å²) in [6.07, 6.45) is 1.21. The highest BCUT2D eigenvalue weighted by Crippen LogP contribution is 2.41. The van der Waals surface area contributed by atoms with Crippen LogP contribution in [0.25, 0.3) is 11.3 Å². The van der Waals surface area contributed by atoms with Crippen molar-refractivity contribution in [3.63, 3.8) is 0 Å². The number of imide groups is 1. The van der Waals surface area contributed by atoms with Gasteiger partial charge in [0.2, 0.25) is 5.91 Å². The van der Waals surface area contributed by atoms with Crippen molar-refractivity contribution in [2.24, 2.45) is 0 Å². The molecule has 1 saturated heterocycles. The number of amides is 4. The van der Waals surface area contributed by atoms with Crippen molar-refractivity contribution in [2.75, 3.05) is 11.9 Å². The van der Waals surface area contributed by atoms with Crippen LogP contribution in [0.2, 0.25) is 0 Å². The van der Waals surface area contributed by atoms with Gasteiger partial charge < -0.3 is 10.6 Å². The van der Waals surface area contributed by atoms with Gasteiger partial charge in [-0.2, -0.15) is 0 Å². The maximum Gasteiger partial charge on any atom is 0.325 e. The van der Waals surface area contributed by atoms with Gasteiger partial charge in [0, 0.05) is 10.9 Å². The number of hydrogen-bond acceptors (Lipinski definition) is 5. The number of thiazole rings is 1. The molecule has 0 saturated carbocycles. The van der Waals surface area contributed by atoms with Gasteiger partial charge in [-0.1, -0.05) is 62.4 Å². The molecule has 0 bridgehead atoms. The minimum absolute atomic E-state index is 0.355. The molecule has 5 rings (SSSR count). The standard InChI is InChI=1S/C25H24N4O3S/c1-15(2)16-7-9-18(10-8-16)20-14-33-23(26-20)27-21(30)13-29-22(31)25(28-24(29)32)12-11-17-5-3-4-6-19(17)25/h3-10,14-15H,11-13H2,1-2H3,(H,28,32)(H,26,27,30). The van der Waals surface area contributed by atoms with E-state index in [9.17, 15) is 14.4 Å². The quantitative estimate of drug-likeness (QED) is 0.557. The molecule has 2 aliphatic rings. The van der Waals surface area contributed by atoms with Crippen LogP contribution in [-0.2, 0) is 21.5 Å². The molecule has 2 aromatic carbocycles. The van der Waals surface area contributed by atoms with Crippen molar-refractivity contribution < 1.29 is 14.4 Å². The van der Waals surface area contributed by atoms with Gasteiger partial charge in [-0.05, 0) is 35.4 Å². The Balaban J connectivity index is 1.27. The van der Waals surface area contributed by atoms with Crippen molar-refractivity contribution in [1.82, 2.24) is 15.2 Å². The minimum atomic E-state index is -1.07. The summed E-state index contributed by atoms with van der Waals surface area (Å²) in [5.41, 5.74) is 3.78. The molecule has 8 heteroatoms. The molecule has 1 spiro atoms. The van der Waals surface area contributed by atoms with E-state index in [0.29, 0.717) is 23.9 Å². The number of carbonyl (C=O) groups is 3. The number of benzene rings is 2. The predicted octanol–water partition coefficient (Wildman–Crippen LogP) is 4.27. The molecule has 1 atom stereocenters. The number of rotatable bonds is 5. The van der Waals surface area contributed by atoms with Crippen molar-refractivity contribution in [3.8, 4) is 11.3 Å². The number of anilines is 1. The molecule has 2 heterocycles. The summed E-state index contributed by atoms with van der Waals surface area (Å²) in [4.78, 5) is 44.0. The fourth-order valence-electron chi connectivity index (χ4n) is 4.54. The first-order valence-electron chi connectivity index (χ1n) is 11.0. The topological polar surface area (TPSA) is 91.4 Å². The van der Waals surface area contributed by atoms with Crippen LogP contribution in [0.5, 0.6) is 0 Å². The Hall–Kier alpha value is -3.52. The summed E-state index contributed by atoms with van der Waals surface area (Å²) in [7, 11) is 0. The maximum absolute atomic E-state index is 13.2. The summed E-state index contributed by atoms with van der Waals surface area (Å²) in [6, 6.07) is 15.3. The first-order valence-corrected chi connectivity index (χ1v) is 11.8. The number of hydrogen-bond donors (Lipinski definition) is 2. The predicted molar refractivity (Wildman–Crippen MR) is 127 cm³/mol. The van der Waals surface area contributed by atoms with E-state index in [4.69, 9.17) is 0 Å². The highest BCUT2D eigenvalue weighted by Gasteiger charge is 2.55. The third-order valence-corrected chi connectivity index (χ3v) is 7.11. The van der Waals surface area contributed by atoms with E-state index in [0.717, 1.165) is 27.3 Å². The number of carbonyl (C=O) groups excluding carboxylic acids is 3. The van der Waals surface area contributed by atoms with Crippen LogP contribution < -0.4 is 10.6 Å². The SMILES string of the molecule is CC(C)c1ccc(-c2csc(NC(=O)CN3C(=O)NC4(CCc5ccccc54)C3=O)n2)cc1. The van der Waals surface area contributed by atoms with Crippen molar-refractivity contribution in [1.29, 1.82) is 0 Å². The van der Waals surface area contributed by atoms with Gasteiger partial charge in [0.15, 0.2) is 5.13 Å². The lowest BCUT2D eigenvalue weighted by atomic mass is 9.92. The van der Waals surface area contributed by atoms with Gasteiger partial charge in [-0.25, -0.2) is 9.78 Å². The van der Waals surface area contributed by atoms with Gasteiger partial charge in [-0.15, -0.1) is 11.3 Å². The van der Waals surface area contributed by atoms with Crippen LogP contribution in [0.3, 0.4) is 0 Å². The molecule has 1 aliphatic carbocycles. The second-order valence-electron chi connectivity index (χ2n) is 8.75. The molecule has 33 heavy (non-hydrogen) atoms. The lowest BCUT2D eigenvalue weighted by Gasteiger charge is -2.22. The number of urea groups is 1. The highest BCUT2D eigenvalue weighted by molar-refractivity contribution is 7.14. The average Bonchev–Trinajstić information content (AvgIpc) is 3.48. The molecule has 168 valence electrons. The molecule has 1 aromatic heterocycles. The number of nitrogens with zero attached hydrogens (tertiary/aromatic N) is 2. The van der Waals surface area contributed by atoms with Gasteiger partial charge >= 0.3 is 6.03 Å². The second kappa shape index (κ2) is 8.12. The first-order chi connectivity index (χ1) is 15.9. The van der Waals surface area contributed by atoms with E-state index >= 15 is 0 Å². The minimum Gasteiger partial charge on any atom is -0.319 e. The smallest absolute Gasteiger partial charge is 0.319 e. The van der Waals surface area contributed by atoms with Crippen LogP contribution in [0, 0.1) is 0 Å². The van der Waals surface area contributed by atoms with Crippen molar-refractivity contribution in [2.45, 2.75) is 38.1 Å². The molecule has 0 radical (unpaired) electrons. The van der Waals surface area contributed by atoms with E-state index in [1.807, 2.05) is 41.8 Å². The van der Waals surface area contributed by atoms with Gasteiger partial charge in [0.25, 0.3) is 5.91 Å². The second-order valence-corrected chi connectivity index (χ2v) is 9.60. The monoisotopic (exact) mass is 460 g/mol. The fourth-order valence-corrected chi connectivity index (χ4v) is 5.27. The van der Waals surface area contributed by atoms with Crippen molar-refractivity contribution >= 4 is 34.3 Å². The van der Waals surface area contributed by atoms with Crippen LogP contribution in [0.4, 0.5) is 9.93 Å². The summed E-state index contributed by atoms with van der Waals surface area (Å²) in [5.74, 6) is -0.387. The summed E-state index contributed by atoms with van der Waals surface area (Å²) in [5, 5.41) is 7.86. The third kappa shape index (κ3) is 3.70. The molecule has 1 unspecified atom stereocenters. The Kier molecular flexibility index (Phi) is 5.25. The first kappa shape index (κ1) is 21.3. The Morgan fingerprint density at radius 3 is 2.70 bits per heavy atom. The van der Waals surface area contributed by atoms with Crippen LogP contribution in [-0.4, -0.2) is 34.3 Å². The Morgan fingerprint density at radius 2 is 1.94 bits per heavy atom. The molecule has 1 aliphatic heterocycles. The lowest BCUT2D eigenvalue weighted by Crippen LogP contribution is -2.42. The van der Waals surface area contributed by atoms with E-state index in [1.54, 1.807) is 0 Å². The van der Waals surface area contributed by atoms with E-state index in [2.05, 4.69) is 41.6 Å². The largest absolute Gasteiger partial charge is 0.325 e. The Bertz CT molecular complexity index is 1250. The molecule has 3 aromatic rings. The normalized spacial score (nSPS) is 19.3. The maximum atomic E-state index is 13.2. The molecule has 7 nitrogen and oxygen atoms in total. The third-order valence-electron chi connectivity index (χ3n) is 6.35. The molecule has 1 fully saturated rings. The molecular weight excluding hydrogens is 436 g/mol. The Labute approximate surface area is 195 Å². The zero-order chi connectivity index (χ0) is 23.2. The van der Waals surface area contributed by atoms with E-state index in [1.165, 1.54) is 16.9 Å². The summed E-state index contributed by atoms with van der Waals surface area (Å²) in [6.45, 7) is 3.93. The van der Waals surface area contributed by atoms with Crippen LogP contribution in [0.1, 0.15) is 42.9 Å². The van der Waals surface area contributed by atoms with Gasteiger partial charge in [-0.3, -0.25) is 14.5 Å². The zero-order valence-electron chi connectivity index (χ0n) is 18.4. The molecule has 2 N–H and O–H groups in total. The zero-order valence-corrected chi connectivity index (χ0v) is 19.2.